The summed E-state index contributed by atoms with van der Waals surface area (Å²) < 4.78 is 5.50. The van der Waals surface area contributed by atoms with Crippen LogP contribution >= 0.6 is 11.6 Å². The average Bonchev–Trinajstić information content (AvgIpc) is 3.11. The first-order valence-electron chi connectivity index (χ1n) is 13.7. The molecular weight excluding hydrogens is 514 g/mol. The smallest absolute Gasteiger partial charge is 0.410 e. The third kappa shape index (κ3) is 5.64. The summed E-state index contributed by atoms with van der Waals surface area (Å²) in [5.41, 5.74) is 2.26. The largest absolute Gasteiger partial charge is 0.444 e. The van der Waals surface area contributed by atoms with Gasteiger partial charge in [0, 0.05) is 13.6 Å². The molecule has 39 heavy (non-hydrogen) atoms. The van der Waals surface area contributed by atoms with E-state index in [4.69, 9.17) is 16.3 Å². The van der Waals surface area contributed by atoms with E-state index >= 15 is 0 Å². The molecule has 0 aromatic heterocycles. The summed E-state index contributed by atoms with van der Waals surface area (Å²) in [7, 11) is 1.75. The molecular formula is C31H38ClN3O4. The van der Waals surface area contributed by atoms with E-state index in [1.54, 1.807) is 35.0 Å². The van der Waals surface area contributed by atoms with Crippen LogP contribution in [0, 0.1) is 11.3 Å². The summed E-state index contributed by atoms with van der Waals surface area (Å²) in [4.78, 5) is 29.9. The zero-order valence-electron chi connectivity index (χ0n) is 23.5. The first-order valence-corrected chi connectivity index (χ1v) is 14.1. The molecule has 2 amide bonds. The van der Waals surface area contributed by atoms with Crippen molar-refractivity contribution in [3.63, 3.8) is 0 Å². The Bertz CT molecular complexity index is 1290. The van der Waals surface area contributed by atoms with Gasteiger partial charge in [0.25, 0.3) is 0 Å². The number of carbonyl (C=O) groups excluding carboxylic acids is 2. The molecule has 2 aromatic rings. The van der Waals surface area contributed by atoms with Gasteiger partial charge in [-0.05, 0) is 94.5 Å². The van der Waals surface area contributed by atoms with Gasteiger partial charge in [0.15, 0.2) is 0 Å². The quantitative estimate of drug-likeness (QED) is 0.425. The van der Waals surface area contributed by atoms with Crippen LogP contribution in [-0.4, -0.2) is 47.3 Å². The predicted molar refractivity (Wildman–Crippen MR) is 152 cm³/mol. The second-order valence-electron chi connectivity index (χ2n) is 11.8. The van der Waals surface area contributed by atoms with E-state index in [1.165, 1.54) is 0 Å². The van der Waals surface area contributed by atoms with Gasteiger partial charge in [-0.15, -0.1) is 0 Å². The molecule has 1 N–H and O–H groups in total. The number of rotatable bonds is 6. The Morgan fingerprint density at radius 1 is 1.26 bits per heavy atom. The maximum absolute atomic E-state index is 14.2. The minimum absolute atomic E-state index is 0.0713. The second kappa shape index (κ2) is 11.2. The van der Waals surface area contributed by atoms with Gasteiger partial charge in [0.1, 0.15) is 11.7 Å². The van der Waals surface area contributed by atoms with Crippen LogP contribution in [0.25, 0.3) is 0 Å². The van der Waals surface area contributed by atoms with Gasteiger partial charge in [-0.25, -0.2) is 4.79 Å². The number of nitrogens with zero attached hydrogens (tertiary/aromatic N) is 3. The van der Waals surface area contributed by atoms with Crippen LogP contribution in [0.3, 0.4) is 0 Å². The van der Waals surface area contributed by atoms with Crippen molar-refractivity contribution in [3.05, 3.63) is 58.1 Å². The molecule has 1 unspecified atom stereocenters. The summed E-state index contributed by atoms with van der Waals surface area (Å²) in [5, 5.41) is 20.4. The van der Waals surface area contributed by atoms with Gasteiger partial charge < -0.3 is 14.7 Å². The fourth-order valence-corrected chi connectivity index (χ4v) is 6.05. The molecule has 1 atom stereocenters. The molecule has 1 saturated carbocycles. The first-order chi connectivity index (χ1) is 18.4. The highest BCUT2D eigenvalue weighted by Crippen LogP contribution is 2.54. The molecule has 1 fully saturated rings. The van der Waals surface area contributed by atoms with Crippen molar-refractivity contribution >= 4 is 35.0 Å². The number of ether oxygens (including phenoxy) is 1. The van der Waals surface area contributed by atoms with Gasteiger partial charge in [-0.2, -0.15) is 5.26 Å². The van der Waals surface area contributed by atoms with E-state index in [0.717, 1.165) is 29.7 Å². The molecule has 0 bridgehead atoms. The van der Waals surface area contributed by atoms with E-state index in [9.17, 15) is 20.0 Å². The highest BCUT2D eigenvalue weighted by molar-refractivity contribution is 6.32. The third-order valence-electron chi connectivity index (χ3n) is 8.02. The number of carbonyl (C=O) groups is 2. The normalized spacial score (nSPS) is 21.4. The van der Waals surface area contributed by atoms with Crippen LogP contribution in [-0.2, 0) is 14.9 Å². The molecule has 2 aromatic carbocycles. The van der Waals surface area contributed by atoms with Gasteiger partial charge in [0.05, 0.1) is 33.5 Å². The highest BCUT2D eigenvalue weighted by Gasteiger charge is 2.53. The highest BCUT2D eigenvalue weighted by atomic mass is 35.5. The summed E-state index contributed by atoms with van der Waals surface area (Å²) >= 11 is 6.35. The third-order valence-corrected chi connectivity index (χ3v) is 8.34. The number of aliphatic hydroxyl groups excluding tert-OH is 1. The molecule has 4 rings (SSSR count). The molecule has 0 saturated heterocycles. The fraction of sp³-hybridized carbons (Fsp3) is 0.516. The fourth-order valence-electron chi connectivity index (χ4n) is 5.84. The maximum Gasteiger partial charge on any atom is 0.410 e. The number of nitriles is 1. The molecule has 1 aliphatic carbocycles. The number of aliphatic hydroxyl groups is 1. The van der Waals surface area contributed by atoms with Crippen molar-refractivity contribution in [3.8, 4) is 6.07 Å². The Kier molecular flexibility index (Phi) is 8.30. The van der Waals surface area contributed by atoms with Crippen molar-refractivity contribution in [2.45, 2.75) is 89.3 Å². The standard InChI is InChI=1S/C31H38ClN3O4/c1-6-20(14-17-34(5)29(38)39-30(2,3)4)21-10-11-27-24(18-21)31(15-12-22(36)13-16-31)28(37)35(27)26-9-7-8-25(32)23(26)19-33/h7-11,18,20,22,36H,6,12-17H2,1-5H3. The van der Waals surface area contributed by atoms with E-state index in [-0.39, 0.29) is 23.5 Å². The van der Waals surface area contributed by atoms with Gasteiger partial charge in [0.2, 0.25) is 5.91 Å². The molecule has 1 spiro atoms. The van der Waals surface area contributed by atoms with Crippen LogP contribution < -0.4 is 4.90 Å². The van der Waals surface area contributed by atoms with E-state index < -0.39 is 17.1 Å². The van der Waals surface area contributed by atoms with Crippen LogP contribution in [0.1, 0.15) is 88.8 Å². The minimum atomic E-state index is -0.759. The maximum atomic E-state index is 14.2. The van der Waals surface area contributed by atoms with E-state index in [2.05, 4.69) is 19.1 Å². The van der Waals surface area contributed by atoms with Crippen molar-refractivity contribution in [2.75, 3.05) is 18.5 Å². The number of benzene rings is 2. The predicted octanol–water partition coefficient (Wildman–Crippen LogP) is 6.81. The Balaban J connectivity index is 1.70. The first kappa shape index (κ1) is 28.9. The summed E-state index contributed by atoms with van der Waals surface area (Å²) in [5.74, 6) is 0.106. The molecule has 0 radical (unpaired) electrons. The van der Waals surface area contributed by atoms with E-state index in [0.29, 0.717) is 42.9 Å². The average molecular weight is 552 g/mol. The zero-order chi connectivity index (χ0) is 28.5. The Morgan fingerprint density at radius 3 is 2.56 bits per heavy atom. The molecule has 2 aliphatic rings. The van der Waals surface area contributed by atoms with Gasteiger partial charge in [-0.1, -0.05) is 36.7 Å². The van der Waals surface area contributed by atoms with Crippen molar-refractivity contribution in [1.29, 1.82) is 5.26 Å². The molecule has 7 nitrogen and oxygen atoms in total. The Morgan fingerprint density at radius 2 is 1.95 bits per heavy atom. The molecule has 8 heteroatoms. The van der Waals surface area contributed by atoms with Crippen molar-refractivity contribution < 1.29 is 19.4 Å². The number of hydrogen-bond donors (Lipinski definition) is 1. The minimum Gasteiger partial charge on any atom is -0.444 e. The SMILES string of the molecule is CCC(CCN(C)C(=O)OC(C)(C)C)c1ccc2c(c1)C1(CCC(O)CC1)C(=O)N2c1cccc(Cl)c1C#N. The van der Waals surface area contributed by atoms with Crippen LogP contribution in [0.4, 0.5) is 16.2 Å². The number of halogens is 1. The van der Waals surface area contributed by atoms with E-state index in [1.807, 2.05) is 32.9 Å². The number of anilines is 2. The van der Waals surface area contributed by atoms with Crippen molar-refractivity contribution in [2.24, 2.45) is 0 Å². The lowest BCUT2D eigenvalue weighted by Crippen LogP contribution is -2.42. The number of hydrogen-bond acceptors (Lipinski definition) is 5. The number of fused-ring (bicyclic) bond motifs is 2. The molecule has 1 heterocycles. The lowest BCUT2D eigenvalue weighted by molar-refractivity contribution is -0.124. The monoisotopic (exact) mass is 551 g/mol. The summed E-state index contributed by atoms with van der Waals surface area (Å²) in [6.45, 7) is 8.23. The van der Waals surface area contributed by atoms with Crippen LogP contribution in [0.2, 0.25) is 5.02 Å². The second-order valence-corrected chi connectivity index (χ2v) is 12.2. The molecule has 1 aliphatic heterocycles. The molecule has 208 valence electrons. The Hall–Kier alpha value is -3.08. The lowest BCUT2D eigenvalue weighted by Gasteiger charge is -2.35. The number of amides is 2. The topological polar surface area (TPSA) is 93.9 Å². The lowest BCUT2D eigenvalue weighted by atomic mass is 9.69. The van der Waals surface area contributed by atoms with Crippen LogP contribution in [0.5, 0.6) is 0 Å². The van der Waals surface area contributed by atoms with Crippen LogP contribution in [0.15, 0.2) is 36.4 Å². The summed E-state index contributed by atoms with van der Waals surface area (Å²) in [6, 6.07) is 13.5. The summed E-state index contributed by atoms with van der Waals surface area (Å²) in [6.07, 6.45) is 3.03. The Labute approximate surface area is 236 Å². The van der Waals surface area contributed by atoms with Crippen molar-refractivity contribution in [1.82, 2.24) is 4.90 Å². The van der Waals surface area contributed by atoms with Gasteiger partial charge in [-0.3, -0.25) is 9.69 Å². The van der Waals surface area contributed by atoms with Gasteiger partial charge >= 0.3 is 6.09 Å². The zero-order valence-corrected chi connectivity index (χ0v) is 24.2.